The Labute approximate surface area is 146 Å². The van der Waals surface area contributed by atoms with Crippen LogP contribution in [0.3, 0.4) is 0 Å². The summed E-state index contributed by atoms with van der Waals surface area (Å²) in [6, 6.07) is 0. The van der Waals surface area contributed by atoms with Crippen molar-refractivity contribution >= 4 is 28.6 Å². The number of H-pyrrole nitrogens is 1. The lowest BCUT2D eigenvalue weighted by Crippen LogP contribution is -2.36. The average Bonchev–Trinajstić information content (AvgIpc) is 2.75. The zero-order valence-electron chi connectivity index (χ0n) is 12.6. The van der Waals surface area contributed by atoms with Gasteiger partial charge in [-0.1, -0.05) is 6.92 Å². The van der Waals surface area contributed by atoms with E-state index in [-0.39, 0.29) is 5.56 Å². The van der Waals surface area contributed by atoms with Crippen molar-refractivity contribution in [3.05, 3.63) is 32.6 Å². The highest BCUT2D eigenvalue weighted by Gasteiger charge is 2.45. The maximum absolute atomic E-state index is 12.0. The van der Waals surface area contributed by atoms with E-state index in [0.717, 1.165) is 0 Å². The molecule has 0 amide bonds. The van der Waals surface area contributed by atoms with E-state index in [0.29, 0.717) is 13.0 Å². The van der Waals surface area contributed by atoms with E-state index in [1.54, 1.807) is 0 Å². The van der Waals surface area contributed by atoms with Crippen molar-refractivity contribution in [3.63, 3.8) is 0 Å². The maximum Gasteiger partial charge on any atom is 0.380 e. The number of hydrogen-bond acceptors (Lipinski definition) is 7. The van der Waals surface area contributed by atoms with Crippen LogP contribution in [0.2, 0.25) is 0 Å². The minimum Gasteiger partial charge on any atom is -0.387 e. The first-order valence-corrected chi connectivity index (χ1v) is 10.6. The van der Waals surface area contributed by atoms with E-state index in [1.165, 1.54) is 10.8 Å². The van der Waals surface area contributed by atoms with Crippen molar-refractivity contribution in [3.8, 4) is 0 Å². The van der Waals surface area contributed by atoms with Crippen LogP contribution in [0.1, 0.15) is 25.0 Å². The predicted octanol–water partition coefficient (Wildman–Crippen LogP) is 0.711. The molecule has 0 bridgehead atoms. The van der Waals surface area contributed by atoms with Crippen LogP contribution < -0.4 is 11.2 Å². The average molecular weight is 403 g/mol. The summed E-state index contributed by atoms with van der Waals surface area (Å²) in [5.41, 5.74) is -1.33. The first-order chi connectivity index (χ1) is 11.1. The number of ether oxygens (including phenoxy) is 1. The van der Waals surface area contributed by atoms with Crippen LogP contribution in [-0.2, 0) is 20.4 Å². The van der Waals surface area contributed by atoms with Gasteiger partial charge in [-0.3, -0.25) is 14.3 Å². The van der Waals surface area contributed by atoms with Crippen molar-refractivity contribution < 1.29 is 24.0 Å². The number of nitrogens with one attached hydrogen (secondary N) is 1. The highest BCUT2D eigenvalue weighted by molar-refractivity contribution is 8.05. The molecule has 1 aromatic heterocycles. The third-order valence-electron chi connectivity index (χ3n) is 3.56. The SMILES string of the molecule is CCCn1cc([C@@H]2O[C@H](COP(=O)(Cl)Cl)[C@H](O)[C@@H]2O)c(=O)[nH]c1=O. The van der Waals surface area contributed by atoms with Crippen molar-refractivity contribution in [2.24, 2.45) is 0 Å². The van der Waals surface area contributed by atoms with Crippen LogP contribution in [0.25, 0.3) is 0 Å². The molecule has 3 N–H and O–H groups in total. The van der Waals surface area contributed by atoms with Crippen LogP contribution in [0, 0.1) is 0 Å². The van der Waals surface area contributed by atoms with Gasteiger partial charge in [-0.15, -0.1) is 0 Å². The predicted molar refractivity (Wildman–Crippen MR) is 86.5 cm³/mol. The Morgan fingerprint density at radius 1 is 1.38 bits per heavy atom. The Kier molecular flexibility index (Phi) is 6.30. The Balaban J connectivity index is 2.26. The van der Waals surface area contributed by atoms with Crippen LogP contribution in [-0.4, -0.2) is 44.7 Å². The van der Waals surface area contributed by atoms with Gasteiger partial charge in [-0.25, -0.2) is 4.79 Å². The summed E-state index contributed by atoms with van der Waals surface area (Å²) in [6.45, 7) is 1.78. The summed E-state index contributed by atoms with van der Waals surface area (Å²) >= 11 is 10.5. The second-order valence-corrected chi connectivity index (χ2v) is 9.60. The number of hydrogen-bond donors (Lipinski definition) is 3. The van der Waals surface area contributed by atoms with Gasteiger partial charge in [0.2, 0.25) is 0 Å². The van der Waals surface area contributed by atoms with Crippen molar-refractivity contribution in [1.82, 2.24) is 9.55 Å². The third-order valence-corrected chi connectivity index (χ3v) is 4.60. The van der Waals surface area contributed by atoms with Crippen LogP contribution >= 0.6 is 28.6 Å². The molecule has 1 aliphatic heterocycles. The molecule has 1 fully saturated rings. The number of aromatic amines is 1. The lowest BCUT2D eigenvalue weighted by molar-refractivity contribution is -0.0159. The normalized spacial score (nSPS) is 27.5. The molecule has 0 spiro atoms. The molecule has 0 saturated carbocycles. The lowest BCUT2D eigenvalue weighted by Gasteiger charge is -2.15. The molecule has 12 heteroatoms. The number of nitrogens with zero attached hydrogens (tertiary/aromatic N) is 1. The summed E-state index contributed by atoms with van der Waals surface area (Å²) in [6.07, 6.45) is -7.05. The number of rotatable bonds is 6. The molecule has 1 saturated heterocycles. The van der Waals surface area contributed by atoms with Gasteiger partial charge in [0, 0.05) is 12.7 Å². The van der Waals surface area contributed by atoms with Gasteiger partial charge >= 0.3 is 11.8 Å². The van der Waals surface area contributed by atoms with E-state index in [9.17, 15) is 24.4 Å². The lowest BCUT2D eigenvalue weighted by atomic mass is 10.0. The Morgan fingerprint density at radius 2 is 2.04 bits per heavy atom. The van der Waals surface area contributed by atoms with E-state index in [4.69, 9.17) is 27.2 Å². The molecular formula is C12H17Cl2N2O7P. The standard InChI is InChI=1S/C12H17Cl2N2O7P/c1-2-3-16-4-6(11(19)15-12(16)20)10-9(18)8(17)7(23-10)5-22-24(13,14)21/h4,7-10,17-18H,2-3,5H2,1H3,(H,15,19,20)/t7-,8+,9+,10+/m1/s1. The summed E-state index contributed by atoms with van der Waals surface area (Å²) in [5, 5.41) is 20.1. The zero-order chi connectivity index (χ0) is 18.1. The first-order valence-electron chi connectivity index (χ1n) is 7.13. The number of aryl methyl sites for hydroxylation is 1. The second kappa shape index (κ2) is 7.70. The van der Waals surface area contributed by atoms with Gasteiger partial charge in [-0.2, -0.15) is 0 Å². The summed E-state index contributed by atoms with van der Waals surface area (Å²) in [4.78, 5) is 25.8. The summed E-state index contributed by atoms with van der Waals surface area (Å²) in [7, 11) is 0. The number of halogens is 2. The molecule has 0 radical (unpaired) electrons. The van der Waals surface area contributed by atoms with E-state index >= 15 is 0 Å². The second-order valence-electron chi connectivity index (χ2n) is 5.32. The van der Waals surface area contributed by atoms with Crippen molar-refractivity contribution in [2.75, 3.05) is 6.61 Å². The highest BCUT2D eigenvalue weighted by Crippen LogP contribution is 2.57. The molecule has 1 aliphatic rings. The molecule has 0 aliphatic carbocycles. The number of aromatic nitrogens is 2. The Morgan fingerprint density at radius 3 is 2.62 bits per heavy atom. The Hall–Kier alpha value is -0.670. The van der Waals surface area contributed by atoms with E-state index in [2.05, 4.69) is 9.51 Å². The van der Waals surface area contributed by atoms with Crippen molar-refractivity contribution in [1.29, 1.82) is 0 Å². The molecule has 0 unspecified atom stereocenters. The zero-order valence-corrected chi connectivity index (χ0v) is 15.0. The highest BCUT2D eigenvalue weighted by atomic mass is 35.9. The minimum absolute atomic E-state index is 0.0166. The smallest absolute Gasteiger partial charge is 0.380 e. The molecule has 2 heterocycles. The summed E-state index contributed by atoms with van der Waals surface area (Å²) < 4.78 is 22.5. The molecule has 9 nitrogen and oxygen atoms in total. The fourth-order valence-electron chi connectivity index (χ4n) is 2.44. The van der Waals surface area contributed by atoms with E-state index in [1.807, 2.05) is 6.92 Å². The molecule has 4 atom stereocenters. The largest absolute Gasteiger partial charge is 0.387 e. The summed E-state index contributed by atoms with van der Waals surface area (Å²) in [5.74, 6) is 0. The minimum atomic E-state index is -3.83. The molecular weight excluding hydrogens is 386 g/mol. The quantitative estimate of drug-likeness (QED) is 0.597. The molecule has 1 aromatic rings. The number of aliphatic hydroxyl groups excluding tert-OH is 2. The van der Waals surface area contributed by atoms with Crippen LogP contribution in [0.15, 0.2) is 15.8 Å². The first kappa shape index (κ1) is 19.7. The number of aliphatic hydroxyl groups is 2. The molecule has 2 rings (SSSR count). The fourth-order valence-corrected chi connectivity index (χ4v) is 3.10. The van der Waals surface area contributed by atoms with Gasteiger partial charge in [0.05, 0.1) is 12.2 Å². The third kappa shape index (κ3) is 4.49. The topological polar surface area (TPSA) is 131 Å². The fraction of sp³-hybridized carbons (Fsp3) is 0.667. The van der Waals surface area contributed by atoms with Crippen LogP contribution in [0.5, 0.6) is 0 Å². The van der Waals surface area contributed by atoms with Gasteiger partial charge in [0.25, 0.3) is 5.56 Å². The van der Waals surface area contributed by atoms with Gasteiger partial charge in [-0.05, 0) is 28.9 Å². The maximum atomic E-state index is 12.0. The van der Waals surface area contributed by atoms with Crippen molar-refractivity contribution in [2.45, 2.75) is 44.3 Å². The van der Waals surface area contributed by atoms with Crippen LogP contribution in [0.4, 0.5) is 0 Å². The van der Waals surface area contributed by atoms with E-state index < -0.39 is 48.3 Å². The monoisotopic (exact) mass is 402 g/mol. The molecule has 24 heavy (non-hydrogen) atoms. The Bertz CT molecular complexity index is 746. The molecule has 0 aromatic carbocycles. The van der Waals surface area contributed by atoms with Gasteiger partial charge < -0.3 is 24.0 Å². The van der Waals surface area contributed by atoms with Gasteiger partial charge in [0.1, 0.15) is 24.4 Å². The van der Waals surface area contributed by atoms with Gasteiger partial charge in [0.15, 0.2) is 0 Å². The molecule has 136 valence electrons.